The van der Waals surface area contributed by atoms with E-state index in [1.54, 1.807) is 23.1 Å². The average Bonchev–Trinajstić information content (AvgIpc) is 2.59. The second kappa shape index (κ2) is 5.32. The Hall–Kier alpha value is -1.07. The third kappa shape index (κ3) is 2.96. The van der Waals surface area contributed by atoms with Gasteiger partial charge in [0.05, 0.1) is 9.90 Å². The van der Waals surface area contributed by atoms with Crippen molar-refractivity contribution < 1.29 is 0 Å². The minimum Gasteiger partial charge on any atom is -0.375 e. The normalized spacial score (nSPS) is 10.6. The molecule has 0 unspecified atom stereocenters. The molecular formula is C11H13N3S2. The lowest BCUT2D eigenvalue weighted by Crippen LogP contribution is -1.91. The van der Waals surface area contributed by atoms with Crippen LogP contribution in [0, 0.1) is 6.92 Å². The summed E-state index contributed by atoms with van der Waals surface area (Å²) >= 11 is 3.36. The number of anilines is 1. The first-order valence-electron chi connectivity index (χ1n) is 5.01. The van der Waals surface area contributed by atoms with Crippen LogP contribution in [0.1, 0.15) is 11.4 Å². The summed E-state index contributed by atoms with van der Waals surface area (Å²) < 4.78 is 1.22. The molecule has 0 aliphatic rings. The fraction of sp³-hybridized carbons (Fsp3) is 0.273. The second-order valence-electron chi connectivity index (χ2n) is 3.34. The quantitative estimate of drug-likeness (QED) is 0.849. The lowest BCUT2D eigenvalue weighted by Gasteiger charge is -1.99. The van der Waals surface area contributed by atoms with Crippen LogP contribution in [0.5, 0.6) is 0 Å². The van der Waals surface area contributed by atoms with Gasteiger partial charge in [-0.05, 0) is 25.5 Å². The van der Waals surface area contributed by atoms with Crippen molar-refractivity contribution in [2.24, 2.45) is 0 Å². The third-order valence-electron chi connectivity index (χ3n) is 2.09. The van der Waals surface area contributed by atoms with E-state index in [0.29, 0.717) is 5.13 Å². The zero-order valence-electron chi connectivity index (χ0n) is 9.01. The molecule has 0 fully saturated rings. The minimum absolute atomic E-state index is 0.651. The molecule has 0 saturated carbocycles. The Bertz CT molecular complexity index is 454. The van der Waals surface area contributed by atoms with Crippen molar-refractivity contribution in [3.05, 3.63) is 35.8 Å². The standard InChI is InChI=1S/C11H13N3S2/c1-8-10(16-11(12)14-8)15-7-5-9-4-2-3-6-13-9/h2-4,6H,5,7H2,1H3,(H2,12,14). The molecule has 84 valence electrons. The molecule has 0 spiro atoms. The lowest BCUT2D eigenvalue weighted by atomic mass is 10.3. The molecular weight excluding hydrogens is 238 g/mol. The first-order chi connectivity index (χ1) is 7.75. The van der Waals surface area contributed by atoms with E-state index in [9.17, 15) is 0 Å². The van der Waals surface area contributed by atoms with Crippen molar-refractivity contribution in [2.75, 3.05) is 11.5 Å². The average molecular weight is 251 g/mol. The fourth-order valence-electron chi connectivity index (χ4n) is 1.33. The first kappa shape index (κ1) is 11.4. The number of nitrogen functional groups attached to an aromatic ring is 1. The van der Waals surface area contributed by atoms with E-state index in [4.69, 9.17) is 5.73 Å². The van der Waals surface area contributed by atoms with Gasteiger partial charge in [-0.3, -0.25) is 4.98 Å². The molecule has 2 aromatic heterocycles. The summed E-state index contributed by atoms with van der Waals surface area (Å²) in [5.41, 5.74) is 7.81. The molecule has 16 heavy (non-hydrogen) atoms. The number of pyridine rings is 1. The summed E-state index contributed by atoms with van der Waals surface area (Å²) in [6.07, 6.45) is 2.80. The molecule has 0 atom stereocenters. The maximum Gasteiger partial charge on any atom is 0.181 e. The summed E-state index contributed by atoms with van der Waals surface area (Å²) in [6.45, 7) is 2.00. The monoisotopic (exact) mass is 251 g/mol. The van der Waals surface area contributed by atoms with Crippen LogP contribution in [0.4, 0.5) is 5.13 Å². The summed E-state index contributed by atoms with van der Waals surface area (Å²) in [7, 11) is 0. The zero-order chi connectivity index (χ0) is 11.4. The Labute approximate surface area is 103 Å². The van der Waals surface area contributed by atoms with Crippen LogP contribution in [0.25, 0.3) is 0 Å². The number of aryl methyl sites for hydroxylation is 2. The smallest absolute Gasteiger partial charge is 0.181 e. The molecule has 2 rings (SSSR count). The van der Waals surface area contributed by atoms with Crippen LogP contribution in [-0.2, 0) is 6.42 Å². The first-order valence-corrected chi connectivity index (χ1v) is 6.81. The number of thioether (sulfide) groups is 1. The van der Waals surface area contributed by atoms with Gasteiger partial charge in [0.25, 0.3) is 0 Å². The third-order valence-corrected chi connectivity index (χ3v) is 4.44. The van der Waals surface area contributed by atoms with Crippen LogP contribution >= 0.6 is 23.1 Å². The Morgan fingerprint density at radius 1 is 1.44 bits per heavy atom. The van der Waals surface area contributed by atoms with Gasteiger partial charge in [-0.15, -0.1) is 11.8 Å². The fourth-order valence-corrected chi connectivity index (χ4v) is 3.39. The topological polar surface area (TPSA) is 51.8 Å². The van der Waals surface area contributed by atoms with Gasteiger partial charge in [0.15, 0.2) is 5.13 Å². The van der Waals surface area contributed by atoms with E-state index in [-0.39, 0.29) is 0 Å². The molecule has 0 radical (unpaired) electrons. The van der Waals surface area contributed by atoms with Crippen molar-refractivity contribution in [3.63, 3.8) is 0 Å². The molecule has 0 bridgehead atoms. The van der Waals surface area contributed by atoms with Crippen LogP contribution in [-0.4, -0.2) is 15.7 Å². The molecule has 3 nitrogen and oxygen atoms in total. The van der Waals surface area contributed by atoms with Gasteiger partial charge in [0.2, 0.25) is 0 Å². The Morgan fingerprint density at radius 3 is 2.94 bits per heavy atom. The Morgan fingerprint density at radius 2 is 2.31 bits per heavy atom. The summed E-state index contributed by atoms with van der Waals surface area (Å²) in [4.78, 5) is 8.48. The summed E-state index contributed by atoms with van der Waals surface area (Å²) in [5, 5.41) is 0.651. The number of rotatable bonds is 4. The number of thiazole rings is 1. The van der Waals surface area contributed by atoms with Gasteiger partial charge < -0.3 is 5.73 Å². The van der Waals surface area contributed by atoms with Gasteiger partial charge in [-0.25, -0.2) is 4.98 Å². The van der Waals surface area contributed by atoms with Crippen LogP contribution in [0.2, 0.25) is 0 Å². The second-order valence-corrected chi connectivity index (χ2v) is 5.74. The van der Waals surface area contributed by atoms with Crippen LogP contribution in [0.3, 0.4) is 0 Å². The van der Waals surface area contributed by atoms with E-state index in [0.717, 1.165) is 23.6 Å². The maximum absolute atomic E-state index is 5.64. The van der Waals surface area contributed by atoms with Crippen molar-refractivity contribution in [2.45, 2.75) is 17.6 Å². The summed E-state index contributed by atoms with van der Waals surface area (Å²) in [5.74, 6) is 1.01. The van der Waals surface area contributed by atoms with E-state index < -0.39 is 0 Å². The molecule has 2 heterocycles. The molecule has 0 saturated heterocycles. The number of aromatic nitrogens is 2. The van der Waals surface area contributed by atoms with Gasteiger partial charge >= 0.3 is 0 Å². The molecule has 0 amide bonds. The molecule has 2 N–H and O–H groups in total. The number of hydrogen-bond donors (Lipinski definition) is 1. The SMILES string of the molecule is Cc1nc(N)sc1SCCc1ccccn1. The largest absolute Gasteiger partial charge is 0.375 e. The lowest BCUT2D eigenvalue weighted by molar-refractivity contribution is 1.05. The van der Waals surface area contributed by atoms with Crippen molar-refractivity contribution in [1.29, 1.82) is 0 Å². The highest BCUT2D eigenvalue weighted by Crippen LogP contribution is 2.30. The van der Waals surface area contributed by atoms with Crippen molar-refractivity contribution >= 4 is 28.2 Å². The number of hydrogen-bond acceptors (Lipinski definition) is 5. The van der Waals surface area contributed by atoms with Crippen molar-refractivity contribution in [1.82, 2.24) is 9.97 Å². The van der Waals surface area contributed by atoms with Gasteiger partial charge in [-0.2, -0.15) is 0 Å². The molecule has 0 aliphatic carbocycles. The van der Waals surface area contributed by atoms with E-state index >= 15 is 0 Å². The van der Waals surface area contributed by atoms with Gasteiger partial charge in [0, 0.05) is 17.6 Å². The molecule has 5 heteroatoms. The van der Waals surface area contributed by atoms with Gasteiger partial charge in [-0.1, -0.05) is 17.4 Å². The highest BCUT2D eigenvalue weighted by molar-refractivity contribution is 8.01. The van der Waals surface area contributed by atoms with Crippen molar-refractivity contribution in [3.8, 4) is 0 Å². The van der Waals surface area contributed by atoms with E-state index in [1.165, 1.54) is 4.21 Å². The number of nitrogens with two attached hydrogens (primary N) is 1. The summed E-state index contributed by atoms with van der Waals surface area (Å²) in [6, 6.07) is 6.00. The molecule has 2 aromatic rings. The predicted molar refractivity (Wildman–Crippen MR) is 69.9 cm³/mol. The van der Waals surface area contributed by atoms with Gasteiger partial charge in [0.1, 0.15) is 0 Å². The highest BCUT2D eigenvalue weighted by Gasteiger charge is 2.05. The maximum atomic E-state index is 5.64. The Balaban J connectivity index is 1.87. The predicted octanol–water partition coefficient (Wildman–Crippen LogP) is 2.76. The van der Waals surface area contributed by atoms with E-state index in [2.05, 4.69) is 16.0 Å². The zero-order valence-corrected chi connectivity index (χ0v) is 10.6. The highest BCUT2D eigenvalue weighted by atomic mass is 32.2. The Kier molecular flexibility index (Phi) is 3.79. The molecule has 0 aromatic carbocycles. The number of nitrogens with zero attached hydrogens (tertiary/aromatic N) is 2. The van der Waals surface area contributed by atoms with Crippen LogP contribution in [0.15, 0.2) is 28.6 Å². The molecule has 0 aliphatic heterocycles. The van der Waals surface area contributed by atoms with E-state index in [1.807, 2.05) is 25.3 Å². The minimum atomic E-state index is 0.651. The van der Waals surface area contributed by atoms with Crippen LogP contribution < -0.4 is 5.73 Å².